The van der Waals surface area contributed by atoms with Crippen molar-refractivity contribution < 1.29 is 9.84 Å². The molecule has 0 amide bonds. The van der Waals surface area contributed by atoms with Gasteiger partial charge in [0, 0.05) is 0 Å². The molecular weight excluding hydrogens is 202 g/mol. The molecular formula is C13H17NO2. The van der Waals surface area contributed by atoms with E-state index in [1.54, 1.807) is 31.2 Å². The third-order valence-electron chi connectivity index (χ3n) is 2.33. The molecule has 0 heterocycles. The number of rotatable bonds is 4. The second-order valence-corrected chi connectivity index (χ2v) is 4.32. The largest absolute Gasteiger partial charge is 0.383 e. The summed E-state index contributed by atoms with van der Waals surface area (Å²) >= 11 is 0. The van der Waals surface area contributed by atoms with Crippen molar-refractivity contribution in [3.63, 3.8) is 0 Å². The maximum Gasteiger partial charge on any atom is 0.110 e. The van der Waals surface area contributed by atoms with Gasteiger partial charge in [-0.15, -0.1) is 0 Å². The highest BCUT2D eigenvalue weighted by molar-refractivity contribution is 5.33. The summed E-state index contributed by atoms with van der Waals surface area (Å²) in [6.07, 6.45) is 0.0878. The van der Waals surface area contributed by atoms with Crippen molar-refractivity contribution in [2.45, 2.75) is 32.5 Å². The summed E-state index contributed by atoms with van der Waals surface area (Å²) in [7, 11) is 0. The first-order valence-corrected chi connectivity index (χ1v) is 5.30. The molecule has 0 aliphatic carbocycles. The summed E-state index contributed by atoms with van der Waals surface area (Å²) in [6, 6.07) is 8.93. The quantitative estimate of drug-likeness (QED) is 0.844. The van der Waals surface area contributed by atoms with Crippen molar-refractivity contribution in [3.8, 4) is 6.07 Å². The van der Waals surface area contributed by atoms with Gasteiger partial charge in [0.05, 0.1) is 24.3 Å². The predicted molar refractivity (Wildman–Crippen MR) is 61.8 cm³/mol. The topological polar surface area (TPSA) is 53.2 Å². The fourth-order valence-corrected chi connectivity index (χ4v) is 1.32. The van der Waals surface area contributed by atoms with E-state index in [1.165, 1.54) is 0 Å². The Morgan fingerprint density at radius 1 is 1.38 bits per heavy atom. The van der Waals surface area contributed by atoms with E-state index in [0.29, 0.717) is 5.56 Å². The Morgan fingerprint density at radius 3 is 2.38 bits per heavy atom. The number of ether oxygens (including phenoxy) is 1. The number of benzene rings is 1. The van der Waals surface area contributed by atoms with Crippen LogP contribution in [-0.2, 0) is 10.3 Å². The van der Waals surface area contributed by atoms with E-state index in [1.807, 2.05) is 19.9 Å². The van der Waals surface area contributed by atoms with Gasteiger partial charge in [-0.25, -0.2) is 0 Å². The maximum absolute atomic E-state index is 10.2. The third kappa shape index (κ3) is 3.34. The lowest BCUT2D eigenvalue weighted by Crippen LogP contribution is -2.29. The molecule has 0 aliphatic heterocycles. The Hall–Kier alpha value is -1.37. The lowest BCUT2D eigenvalue weighted by Gasteiger charge is -2.24. The van der Waals surface area contributed by atoms with Gasteiger partial charge in [0.2, 0.25) is 0 Å². The smallest absolute Gasteiger partial charge is 0.110 e. The highest BCUT2D eigenvalue weighted by atomic mass is 16.5. The Morgan fingerprint density at radius 2 is 1.94 bits per heavy atom. The molecule has 1 N–H and O–H groups in total. The molecule has 1 aromatic carbocycles. The molecule has 0 bridgehead atoms. The summed E-state index contributed by atoms with van der Waals surface area (Å²) in [6.45, 7) is 5.80. The Kier molecular flexibility index (Phi) is 4.05. The zero-order chi connectivity index (χ0) is 12.2. The molecule has 16 heavy (non-hydrogen) atoms. The molecule has 3 nitrogen and oxygen atoms in total. The minimum absolute atomic E-state index is 0.0878. The van der Waals surface area contributed by atoms with E-state index >= 15 is 0 Å². The molecule has 0 fully saturated rings. The Labute approximate surface area is 96.3 Å². The van der Waals surface area contributed by atoms with Crippen LogP contribution in [0.3, 0.4) is 0 Å². The van der Waals surface area contributed by atoms with Gasteiger partial charge in [0.1, 0.15) is 5.60 Å². The fraction of sp³-hybridized carbons (Fsp3) is 0.462. The molecule has 1 aromatic rings. The van der Waals surface area contributed by atoms with Crippen LogP contribution in [0.4, 0.5) is 0 Å². The standard InChI is InChI=1S/C13H17NO2/c1-10(2)16-9-13(3,15)12-6-4-11(8-14)5-7-12/h4-7,10,15H,9H2,1-3H3. The molecule has 0 saturated carbocycles. The molecule has 86 valence electrons. The average Bonchev–Trinajstić information content (AvgIpc) is 2.27. The van der Waals surface area contributed by atoms with E-state index in [-0.39, 0.29) is 12.7 Å². The summed E-state index contributed by atoms with van der Waals surface area (Å²) in [5.41, 5.74) is 0.328. The number of nitriles is 1. The Balaban J connectivity index is 2.77. The zero-order valence-electron chi connectivity index (χ0n) is 9.90. The van der Waals surface area contributed by atoms with Crippen molar-refractivity contribution in [2.75, 3.05) is 6.61 Å². The number of hydrogen-bond acceptors (Lipinski definition) is 3. The van der Waals surface area contributed by atoms with Crippen molar-refractivity contribution in [3.05, 3.63) is 35.4 Å². The van der Waals surface area contributed by atoms with Crippen LogP contribution in [0.1, 0.15) is 31.9 Å². The van der Waals surface area contributed by atoms with Crippen LogP contribution in [0.15, 0.2) is 24.3 Å². The minimum atomic E-state index is -1.02. The van der Waals surface area contributed by atoms with Crippen LogP contribution in [0.2, 0.25) is 0 Å². The molecule has 1 unspecified atom stereocenters. The van der Waals surface area contributed by atoms with E-state index < -0.39 is 5.60 Å². The first kappa shape index (κ1) is 12.7. The van der Waals surface area contributed by atoms with Gasteiger partial charge in [0.25, 0.3) is 0 Å². The van der Waals surface area contributed by atoms with E-state index in [4.69, 9.17) is 10.00 Å². The van der Waals surface area contributed by atoms with Gasteiger partial charge < -0.3 is 9.84 Å². The van der Waals surface area contributed by atoms with E-state index in [0.717, 1.165) is 5.56 Å². The Bertz CT molecular complexity index is 374. The normalized spacial score (nSPS) is 14.5. The van der Waals surface area contributed by atoms with Gasteiger partial charge in [-0.2, -0.15) is 5.26 Å². The van der Waals surface area contributed by atoms with Crippen LogP contribution in [0, 0.1) is 11.3 Å². The van der Waals surface area contributed by atoms with Gasteiger partial charge >= 0.3 is 0 Å². The molecule has 0 radical (unpaired) electrons. The SMILES string of the molecule is CC(C)OCC(C)(O)c1ccc(C#N)cc1. The second kappa shape index (κ2) is 5.11. The maximum atomic E-state index is 10.2. The van der Waals surface area contributed by atoms with Crippen molar-refractivity contribution in [1.82, 2.24) is 0 Å². The van der Waals surface area contributed by atoms with E-state index in [9.17, 15) is 5.11 Å². The third-order valence-corrected chi connectivity index (χ3v) is 2.33. The first-order chi connectivity index (χ1) is 7.45. The second-order valence-electron chi connectivity index (χ2n) is 4.32. The molecule has 0 spiro atoms. The summed E-state index contributed by atoms with van der Waals surface area (Å²) in [5, 5.41) is 18.9. The summed E-state index contributed by atoms with van der Waals surface area (Å²) in [5.74, 6) is 0. The molecule has 0 saturated heterocycles. The van der Waals surface area contributed by atoms with Crippen LogP contribution in [0.5, 0.6) is 0 Å². The number of nitrogens with zero attached hydrogens (tertiary/aromatic N) is 1. The molecule has 1 atom stereocenters. The van der Waals surface area contributed by atoms with Crippen molar-refractivity contribution in [2.24, 2.45) is 0 Å². The first-order valence-electron chi connectivity index (χ1n) is 5.30. The molecule has 3 heteroatoms. The van der Waals surface area contributed by atoms with Crippen LogP contribution < -0.4 is 0 Å². The average molecular weight is 219 g/mol. The predicted octanol–water partition coefficient (Wildman–Crippen LogP) is 2.19. The van der Waals surface area contributed by atoms with Gasteiger partial charge in [-0.1, -0.05) is 12.1 Å². The minimum Gasteiger partial charge on any atom is -0.383 e. The molecule has 0 aromatic heterocycles. The molecule has 1 rings (SSSR count). The van der Waals surface area contributed by atoms with Gasteiger partial charge in [-0.05, 0) is 38.5 Å². The van der Waals surface area contributed by atoms with Crippen molar-refractivity contribution >= 4 is 0 Å². The van der Waals surface area contributed by atoms with Gasteiger partial charge in [-0.3, -0.25) is 0 Å². The van der Waals surface area contributed by atoms with Crippen LogP contribution in [-0.4, -0.2) is 17.8 Å². The van der Waals surface area contributed by atoms with Crippen LogP contribution >= 0.6 is 0 Å². The van der Waals surface area contributed by atoms with Crippen molar-refractivity contribution in [1.29, 1.82) is 5.26 Å². The lowest BCUT2D eigenvalue weighted by atomic mass is 9.96. The van der Waals surface area contributed by atoms with Crippen LogP contribution in [0.25, 0.3) is 0 Å². The molecule has 0 aliphatic rings. The fourth-order valence-electron chi connectivity index (χ4n) is 1.32. The van der Waals surface area contributed by atoms with E-state index in [2.05, 4.69) is 0 Å². The van der Waals surface area contributed by atoms with Gasteiger partial charge in [0.15, 0.2) is 0 Å². The highest BCUT2D eigenvalue weighted by Gasteiger charge is 2.23. The zero-order valence-corrected chi connectivity index (χ0v) is 9.90. The number of aliphatic hydroxyl groups is 1. The lowest BCUT2D eigenvalue weighted by molar-refractivity contribution is -0.0574. The summed E-state index contributed by atoms with van der Waals surface area (Å²) in [4.78, 5) is 0. The summed E-state index contributed by atoms with van der Waals surface area (Å²) < 4.78 is 5.40. The number of hydrogen-bond donors (Lipinski definition) is 1. The highest BCUT2D eigenvalue weighted by Crippen LogP contribution is 2.21. The monoisotopic (exact) mass is 219 g/mol.